The first-order valence-electron chi connectivity index (χ1n) is 2.89. The van der Waals surface area contributed by atoms with Crippen molar-refractivity contribution in [2.45, 2.75) is 0 Å². The van der Waals surface area contributed by atoms with Crippen molar-refractivity contribution in [1.29, 1.82) is 0 Å². The van der Waals surface area contributed by atoms with E-state index < -0.39 is 0 Å². The zero-order chi connectivity index (χ0) is 6.97. The van der Waals surface area contributed by atoms with Gasteiger partial charge in [-0.05, 0) is 5.18 Å². The van der Waals surface area contributed by atoms with Crippen molar-refractivity contribution in [3.05, 3.63) is 23.5 Å². The molecule has 0 aliphatic carbocycles. The summed E-state index contributed by atoms with van der Waals surface area (Å²) in [4.78, 5) is 15.9. The predicted octanol–water partition coefficient (Wildman–Crippen LogP) is 1.89. The van der Waals surface area contributed by atoms with Crippen LogP contribution in [0.25, 0.3) is 10.9 Å². The van der Waals surface area contributed by atoms with Crippen LogP contribution in [0.1, 0.15) is 0 Å². The van der Waals surface area contributed by atoms with Crippen molar-refractivity contribution >= 4 is 16.6 Å². The maximum Gasteiger partial charge on any atom is 0.134 e. The van der Waals surface area contributed by atoms with E-state index in [2.05, 4.69) is 15.1 Å². The third kappa shape index (κ3) is 0.500. The fourth-order valence-electron chi connectivity index (χ4n) is 0.995. The lowest BCUT2D eigenvalue weighted by molar-refractivity contribution is 1.37. The maximum absolute atomic E-state index is 10.1. The summed E-state index contributed by atoms with van der Waals surface area (Å²) in [6.07, 6.45) is 5.11. The van der Waals surface area contributed by atoms with Crippen molar-refractivity contribution in [2.75, 3.05) is 0 Å². The summed E-state index contributed by atoms with van der Waals surface area (Å²) in [7, 11) is 0. The van der Waals surface area contributed by atoms with Crippen LogP contribution in [0.4, 0.5) is 5.69 Å². The molecule has 2 aromatic rings. The lowest BCUT2D eigenvalue weighted by Crippen LogP contribution is -1.53. The SMILES string of the molecule is O=Nc1c[nH]c2c[nH]cc12. The molecule has 0 amide bonds. The Morgan fingerprint density at radius 2 is 2.20 bits per heavy atom. The number of aromatic nitrogens is 2. The van der Waals surface area contributed by atoms with Gasteiger partial charge in [-0.3, -0.25) is 0 Å². The van der Waals surface area contributed by atoms with Crippen LogP contribution in [-0.4, -0.2) is 9.97 Å². The fraction of sp³-hybridized carbons (Fsp3) is 0. The zero-order valence-corrected chi connectivity index (χ0v) is 5.09. The Labute approximate surface area is 56.2 Å². The van der Waals surface area contributed by atoms with Gasteiger partial charge in [0.1, 0.15) is 5.69 Å². The van der Waals surface area contributed by atoms with E-state index in [1.165, 1.54) is 0 Å². The van der Waals surface area contributed by atoms with Crippen molar-refractivity contribution in [2.24, 2.45) is 5.18 Å². The molecule has 0 aromatic carbocycles. The highest BCUT2D eigenvalue weighted by atomic mass is 16.3. The molecule has 4 heteroatoms. The molecule has 0 radical (unpaired) electrons. The van der Waals surface area contributed by atoms with E-state index in [4.69, 9.17) is 0 Å². The van der Waals surface area contributed by atoms with Gasteiger partial charge in [0.2, 0.25) is 0 Å². The quantitative estimate of drug-likeness (QED) is 0.576. The maximum atomic E-state index is 10.1. The van der Waals surface area contributed by atoms with Gasteiger partial charge in [-0.15, -0.1) is 4.91 Å². The number of nitrogens with zero attached hydrogens (tertiary/aromatic N) is 1. The van der Waals surface area contributed by atoms with E-state index in [0.717, 1.165) is 10.9 Å². The summed E-state index contributed by atoms with van der Waals surface area (Å²) in [5.74, 6) is 0. The molecule has 2 heterocycles. The van der Waals surface area contributed by atoms with E-state index >= 15 is 0 Å². The minimum atomic E-state index is 0.455. The van der Waals surface area contributed by atoms with Crippen LogP contribution in [0, 0.1) is 4.91 Å². The van der Waals surface area contributed by atoms with E-state index in [1.807, 2.05) is 0 Å². The van der Waals surface area contributed by atoms with E-state index in [9.17, 15) is 4.91 Å². The van der Waals surface area contributed by atoms with Crippen LogP contribution >= 0.6 is 0 Å². The Hall–Kier alpha value is -1.58. The molecule has 0 saturated carbocycles. The minimum Gasteiger partial charge on any atom is -0.365 e. The highest BCUT2D eigenvalue weighted by Crippen LogP contribution is 2.24. The van der Waals surface area contributed by atoms with Gasteiger partial charge in [-0.25, -0.2) is 0 Å². The molecule has 0 bridgehead atoms. The average Bonchev–Trinajstić information content (AvgIpc) is 2.44. The van der Waals surface area contributed by atoms with Crippen LogP contribution in [0.15, 0.2) is 23.8 Å². The Kier molecular flexibility index (Phi) is 0.887. The van der Waals surface area contributed by atoms with Gasteiger partial charge in [-0.2, -0.15) is 0 Å². The molecule has 0 aliphatic rings. The monoisotopic (exact) mass is 135 g/mol. The predicted molar refractivity (Wildman–Crippen MR) is 38.1 cm³/mol. The Morgan fingerprint density at radius 1 is 1.30 bits per heavy atom. The molecule has 0 unspecified atom stereocenters. The Balaban J connectivity index is 2.88. The van der Waals surface area contributed by atoms with Crippen LogP contribution in [0.2, 0.25) is 0 Å². The zero-order valence-electron chi connectivity index (χ0n) is 5.09. The van der Waals surface area contributed by atoms with Gasteiger partial charge in [0, 0.05) is 24.0 Å². The number of fused-ring (bicyclic) bond motifs is 1. The molecule has 4 nitrogen and oxygen atoms in total. The van der Waals surface area contributed by atoms with Crippen LogP contribution in [0.5, 0.6) is 0 Å². The van der Waals surface area contributed by atoms with Gasteiger partial charge < -0.3 is 9.97 Å². The van der Waals surface area contributed by atoms with Gasteiger partial charge in [0.15, 0.2) is 0 Å². The second kappa shape index (κ2) is 1.70. The van der Waals surface area contributed by atoms with Gasteiger partial charge in [-0.1, -0.05) is 0 Å². The molecular formula is C6H5N3O. The summed E-state index contributed by atoms with van der Waals surface area (Å²) < 4.78 is 0. The number of H-pyrrole nitrogens is 2. The van der Waals surface area contributed by atoms with Gasteiger partial charge in [0.25, 0.3) is 0 Å². The minimum absolute atomic E-state index is 0.455. The molecular weight excluding hydrogens is 130 g/mol. The summed E-state index contributed by atoms with van der Waals surface area (Å²) >= 11 is 0. The molecule has 0 aliphatic heterocycles. The number of nitrogens with one attached hydrogen (secondary N) is 2. The van der Waals surface area contributed by atoms with Crippen molar-refractivity contribution < 1.29 is 0 Å². The van der Waals surface area contributed by atoms with Crippen LogP contribution < -0.4 is 0 Å². The number of nitroso groups, excluding NO2 is 1. The molecule has 0 saturated heterocycles. The fourth-order valence-corrected chi connectivity index (χ4v) is 0.995. The van der Waals surface area contributed by atoms with E-state index in [-0.39, 0.29) is 0 Å². The van der Waals surface area contributed by atoms with E-state index in [1.54, 1.807) is 18.6 Å². The van der Waals surface area contributed by atoms with E-state index in [0.29, 0.717) is 5.69 Å². The Morgan fingerprint density at radius 3 is 3.00 bits per heavy atom. The molecule has 2 aromatic heterocycles. The Bertz CT molecular complexity index is 360. The summed E-state index contributed by atoms with van der Waals surface area (Å²) in [5.41, 5.74) is 1.37. The first-order chi connectivity index (χ1) is 4.92. The molecule has 0 spiro atoms. The second-order valence-electron chi connectivity index (χ2n) is 2.05. The first-order valence-corrected chi connectivity index (χ1v) is 2.89. The van der Waals surface area contributed by atoms with Crippen molar-refractivity contribution in [3.63, 3.8) is 0 Å². The number of aromatic amines is 2. The molecule has 0 fully saturated rings. The van der Waals surface area contributed by atoms with Crippen molar-refractivity contribution in [1.82, 2.24) is 9.97 Å². The summed E-state index contributed by atoms with van der Waals surface area (Å²) in [5, 5.41) is 3.67. The largest absolute Gasteiger partial charge is 0.365 e. The number of rotatable bonds is 1. The standard InChI is InChI=1S/C6H5N3O/c10-9-6-3-8-5-2-7-1-4(5)6/h1-3,7-8H. The van der Waals surface area contributed by atoms with Crippen molar-refractivity contribution in [3.8, 4) is 0 Å². The molecule has 50 valence electrons. The topological polar surface area (TPSA) is 61.0 Å². The second-order valence-corrected chi connectivity index (χ2v) is 2.05. The number of hydrogen-bond donors (Lipinski definition) is 2. The average molecular weight is 135 g/mol. The third-order valence-corrected chi connectivity index (χ3v) is 1.48. The van der Waals surface area contributed by atoms with Crippen LogP contribution in [0.3, 0.4) is 0 Å². The lowest BCUT2D eigenvalue weighted by atomic mass is 10.4. The normalized spacial score (nSPS) is 10.4. The lowest BCUT2D eigenvalue weighted by Gasteiger charge is -1.73. The van der Waals surface area contributed by atoms with Gasteiger partial charge >= 0.3 is 0 Å². The molecule has 2 N–H and O–H groups in total. The molecule has 10 heavy (non-hydrogen) atoms. The van der Waals surface area contributed by atoms with Gasteiger partial charge in [0.05, 0.1) is 5.52 Å². The summed E-state index contributed by atoms with van der Waals surface area (Å²) in [6, 6.07) is 0. The highest BCUT2D eigenvalue weighted by Gasteiger charge is 2.01. The first kappa shape index (κ1) is 5.22. The summed E-state index contributed by atoms with van der Waals surface area (Å²) in [6.45, 7) is 0. The highest BCUT2D eigenvalue weighted by molar-refractivity contribution is 5.90. The number of hydrogen-bond acceptors (Lipinski definition) is 2. The van der Waals surface area contributed by atoms with Crippen LogP contribution in [-0.2, 0) is 0 Å². The smallest absolute Gasteiger partial charge is 0.134 e. The molecule has 0 atom stereocenters. The molecule has 2 rings (SSSR count). The third-order valence-electron chi connectivity index (χ3n) is 1.48.